The predicted octanol–water partition coefficient (Wildman–Crippen LogP) is 0.895. The summed E-state index contributed by atoms with van der Waals surface area (Å²) in [5, 5.41) is 0. The predicted molar refractivity (Wildman–Crippen MR) is 89.7 cm³/mol. The van der Waals surface area contributed by atoms with Gasteiger partial charge in [0.05, 0.1) is 0 Å². The normalized spacial score (nSPS) is 24.3. The van der Waals surface area contributed by atoms with Crippen molar-refractivity contribution in [3.8, 4) is 0 Å². The fourth-order valence-electron chi connectivity index (χ4n) is 3.11. The van der Waals surface area contributed by atoms with Crippen LogP contribution in [-0.2, 0) is 21.4 Å². The average molecular weight is 339 g/mol. The number of primary amides is 1. The Bertz CT molecular complexity index is 623. The number of hydrogen-bond donors (Lipinski definition) is 2. The first kappa shape index (κ1) is 17.9. The zero-order chi connectivity index (χ0) is 17.0. The van der Waals surface area contributed by atoms with Crippen LogP contribution in [0.1, 0.15) is 25.8 Å². The van der Waals surface area contributed by atoms with E-state index in [2.05, 4.69) is 4.72 Å². The van der Waals surface area contributed by atoms with Gasteiger partial charge in [-0.2, -0.15) is 17.4 Å². The zero-order valence-corrected chi connectivity index (χ0v) is 14.4. The maximum absolute atomic E-state index is 12.6. The Kier molecular flexibility index (Phi) is 5.78. The molecule has 3 N–H and O–H groups in total. The van der Waals surface area contributed by atoms with Crippen molar-refractivity contribution in [2.24, 2.45) is 17.6 Å². The van der Waals surface area contributed by atoms with Gasteiger partial charge < -0.3 is 5.73 Å². The minimum absolute atomic E-state index is 0.244. The van der Waals surface area contributed by atoms with Crippen LogP contribution >= 0.6 is 0 Å². The van der Waals surface area contributed by atoms with Crippen molar-refractivity contribution < 1.29 is 13.2 Å². The molecule has 1 aromatic rings. The number of nitrogens with two attached hydrogens (primary N) is 1. The molecule has 0 aromatic heterocycles. The first-order valence-electron chi connectivity index (χ1n) is 7.88. The highest BCUT2D eigenvalue weighted by Crippen LogP contribution is 2.22. The minimum Gasteiger partial charge on any atom is -0.368 e. The lowest BCUT2D eigenvalue weighted by atomic mass is 9.94. The van der Waals surface area contributed by atoms with Crippen LogP contribution in [0, 0.1) is 11.8 Å². The second kappa shape index (κ2) is 7.42. The molecule has 128 valence electrons. The van der Waals surface area contributed by atoms with Crippen molar-refractivity contribution in [2.75, 3.05) is 13.1 Å². The van der Waals surface area contributed by atoms with Crippen LogP contribution < -0.4 is 10.5 Å². The molecule has 0 radical (unpaired) electrons. The molecule has 1 heterocycles. The standard InChI is InChI=1S/C16H25N3O3S/c1-12-8-13(2)11-19(10-12)23(21,22)18-15(16(17)20)9-14-6-4-3-5-7-14/h3-7,12-13,15,18H,8-11H2,1-2H3,(H2,17,20)/t12-,13-,15+/m1/s1. The van der Waals surface area contributed by atoms with Crippen LogP contribution in [0.2, 0.25) is 0 Å². The summed E-state index contributed by atoms with van der Waals surface area (Å²) in [5.74, 6) is -0.0662. The van der Waals surface area contributed by atoms with Crippen molar-refractivity contribution in [1.29, 1.82) is 0 Å². The molecule has 0 aliphatic carbocycles. The number of amides is 1. The van der Waals surface area contributed by atoms with Crippen LogP contribution in [0.25, 0.3) is 0 Å². The maximum atomic E-state index is 12.6. The molecular formula is C16H25N3O3S. The van der Waals surface area contributed by atoms with Crippen molar-refractivity contribution in [3.63, 3.8) is 0 Å². The summed E-state index contributed by atoms with van der Waals surface area (Å²) in [6.45, 7) is 5.01. The van der Waals surface area contributed by atoms with Crippen molar-refractivity contribution in [2.45, 2.75) is 32.7 Å². The van der Waals surface area contributed by atoms with Gasteiger partial charge >= 0.3 is 0 Å². The van der Waals surface area contributed by atoms with Gasteiger partial charge in [0, 0.05) is 13.1 Å². The molecule has 0 saturated carbocycles. The van der Waals surface area contributed by atoms with Crippen molar-refractivity contribution in [3.05, 3.63) is 35.9 Å². The average Bonchev–Trinajstić information content (AvgIpc) is 2.46. The first-order valence-corrected chi connectivity index (χ1v) is 9.32. The summed E-state index contributed by atoms with van der Waals surface area (Å²) >= 11 is 0. The van der Waals surface area contributed by atoms with Gasteiger partial charge in [0.15, 0.2) is 0 Å². The Morgan fingerprint density at radius 1 is 1.26 bits per heavy atom. The van der Waals surface area contributed by atoms with Crippen LogP contribution in [0.4, 0.5) is 0 Å². The molecule has 7 heteroatoms. The SMILES string of the molecule is C[C@@H]1C[C@@H](C)CN(S(=O)(=O)N[C@@H](Cc2ccccc2)C(N)=O)C1. The topological polar surface area (TPSA) is 92.5 Å². The summed E-state index contributed by atoms with van der Waals surface area (Å²) in [6, 6.07) is 8.29. The van der Waals surface area contributed by atoms with Crippen LogP contribution in [0.5, 0.6) is 0 Å². The number of rotatable bonds is 6. The van der Waals surface area contributed by atoms with E-state index >= 15 is 0 Å². The Balaban J connectivity index is 2.10. The summed E-state index contributed by atoms with van der Waals surface area (Å²) in [4.78, 5) is 11.7. The van der Waals surface area contributed by atoms with Crippen molar-refractivity contribution >= 4 is 16.1 Å². The molecule has 0 spiro atoms. The highest BCUT2D eigenvalue weighted by molar-refractivity contribution is 7.87. The molecule has 23 heavy (non-hydrogen) atoms. The number of hydrogen-bond acceptors (Lipinski definition) is 3. The van der Waals surface area contributed by atoms with Crippen LogP contribution in [0.15, 0.2) is 30.3 Å². The highest BCUT2D eigenvalue weighted by Gasteiger charge is 2.33. The Morgan fingerprint density at radius 2 is 1.83 bits per heavy atom. The van der Waals surface area contributed by atoms with Gasteiger partial charge in [-0.05, 0) is 30.2 Å². The number of benzene rings is 1. The number of nitrogens with zero attached hydrogens (tertiary/aromatic N) is 1. The monoisotopic (exact) mass is 339 g/mol. The van der Waals surface area contributed by atoms with E-state index in [0.29, 0.717) is 24.9 Å². The number of carbonyl (C=O) groups excluding carboxylic acids is 1. The lowest BCUT2D eigenvalue weighted by Crippen LogP contribution is -2.54. The van der Waals surface area contributed by atoms with Crippen LogP contribution in [-0.4, -0.2) is 37.8 Å². The van der Waals surface area contributed by atoms with Gasteiger partial charge in [-0.1, -0.05) is 44.2 Å². The molecule has 1 amide bonds. The van der Waals surface area contributed by atoms with E-state index in [1.807, 2.05) is 44.2 Å². The quantitative estimate of drug-likeness (QED) is 0.806. The molecule has 1 aliphatic heterocycles. The Hall–Kier alpha value is -1.44. The smallest absolute Gasteiger partial charge is 0.280 e. The maximum Gasteiger partial charge on any atom is 0.280 e. The third-order valence-electron chi connectivity index (χ3n) is 4.09. The lowest BCUT2D eigenvalue weighted by molar-refractivity contribution is -0.119. The molecule has 0 bridgehead atoms. The van der Waals surface area contributed by atoms with E-state index in [4.69, 9.17) is 5.73 Å². The summed E-state index contributed by atoms with van der Waals surface area (Å²) in [6.07, 6.45) is 1.25. The summed E-state index contributed by atoms with van der Waals surface area (Å²) in [7, 11) is -3.73. The molecule has 3 atom stereocenters. The molecule has 1 fully saturated rings. The van der Waals surface area contributed by atoms with E-state index in [9.17, 15) is 13.2 Å². The van der Waals surface area contributed by atoms with E-state index in [0.717, 1.165) is 12.0 Å². The van der Waals surface area contributed by atoms with Gasteiger partial charge in [0.2, 0.25) is 5.91 Å². The molecule has 2 rings (SSSR count). The third kappa shape index (κ3) is 5.02. The van der Waals surface area contributed by atoms with E-state index in [1.165, 1.54) is 4.31 Å². The zero-order valence-electron chi connectivity index (χ0n) is 13.6. The van der Waals surface area contributed by atoms with Gasteiger partial charge in [-0.3, -0.25) is 4.79 Å². The summed E-state index contributed by atoms with van der Waals surface area (Å²) < 4.78 is 29.1. The number of carbonyl (C=O) groups is 1. The van der Waals surface area contributed by atoms with Crippen LogP contribution in [0.3, 0.4) is 0 Å². The van der Waals surface area contributed by atoms with Gasteiger partial charge in [0.25, 0.3) is 10.2 Å². The first-order chi connectivity index (χ1) is 10.8. The number of nitrogens with one attached hydrogen (secondary N) is 1. The van der Waals surface area contributed by atoms with Gasteiger partial charge in [-0.15, -0.1) is 0 Å². The molecule has 0 unspecified atom stereocenters. The molecular weight excluding hydrogens is 314 g/mol. The van der Waals surface area contributed by atoms with Gasteiger partial charge in [-0.25, -0.2) is 0 Å². The van der Waals surface area contributed by atoms with E-state index in [1.54, 1.807) is 0 Å². The van der Waals surface area contributed by atoms with Gasteiger partial charge in [0.1, 0.15) is 6.04 Å². The fraction of sp³-hybridized carbons (Fsp3) is 0.562. The molecule has 1 saturated heterocycles. The minimum atomic E-state index is -3.73. The summed E-state index contributed by atoms with van der Waals surface area (Å²) in [5.41, 5.74) is 6.25. The Morgan fingerprint density at radius 3 is 2.35 bits per heavy atom. The largest absolute Gasteiger partial charge is 0.368 e. The third-order valence-corrected chi connectivity index (χ3v) is 5.65. The second-order valence-corrected chi connectivity index (χ2v) is 8.23. The Labute approximate surface area is 138 Å². The second-order valence-electron chi connectivity index (χ2n) is 6.53. The van der Waals surface area contributed by atoms with E-state index in [-0.39, 0.29) is 6.42 Å². The molecule has 6 nitrogen and oxygen atoms in total. The van der Waals surface area contributed by atoms with E-state index < -0.39 is 22.2 Å². The van der Waals surface area contributed by atoms with Crippen molar-refractivity contribution in [1.82, 2.24) is 9.03 Å². The molecule has 1 aliphatic rings. The fourth-order valence-corrected chi connectivity index (χ4v) is 4.72. The molecule has 1 aromatic carbocycles. The lowest BCUT2D eigenvalue weighted by Gasteiger charge is -2.34. The highest BCUT2D eigenvalue weighted by atomic mass is 32.2. The number of piperidine rings is 1.